The minimum atomic E-state index is 0. The van der Waals surface area contributed by atoms with E-state index >= 15 is 0 Å². The molecule has 2 aromatic rings. The monoisotopic (exact) mass is 202 g/mol. The topological polar surface area (TPSA) is 40.5 Å². The maximum absolute atomic E-state index is 9.58. The molecule has 0 saturated carbocycles. The van der Waals surface area contributed by atoms with E-state index in [9.17, 15) is 10.2 Å². The second-order valence-corrected chi connectivity index (χ2v) is 3.03. The molecular weight excluding hydrogens is 190 g/mol. The molecule has 2 N–H and O–H groups in total. The van der Waals surface area contributed by atoms with Crippen molar-refractivity contribution in [1.29, 1.82) is 0 Å². The Bertz CT molecular complexity index is 415. The van der Waals surface area contributed by atoms with Crippen LogP contribution >= 0.6 is 0 Å². The van der Waals surface area contributed by atoms with Crippen molar-refractivity contribution in [2.24, 2.45) is 0 Å². The molecule has 0 aromatic heterocycles. The van der Waals surface area contributed by atoms with E-state index in [-0.39, 0.29) is 49.2 Å². The Hall–Kier alpha value is -0.765. The molecule has 0 aliphatic heterocycles. The van der Waals surface area contributed by atoms with Crippen LogP contribution in [0.25, 0.3) is 11.1 Å². The van der Waals surface area contributed by atoms with E-state index < -0.39 is 0 Å². The van der Waals surface area contributed by atoms with Gasteiger partial charge in [-0.1, -0.05) is 36.4 Å². The molecule has 74 valence electrons. The number of para-hydroxylation sites is 2. The first-order valence-corrected chi connectivity index (χ1v) is 4.35. The SMILES string of the molecule is Oc1ccccc1-c1ccccc1O.[LiH].[LiH]. The van der Waals surface area contributed by atoms with Crippen molar-refractivity contribution in [3.8, 4) is 22.6 Å². The summed E-state index contributed by atoms with van der Waals surface area (Å²) in [7, 11) is 0. The number of phenols is 2. The van der Waals surface area contributed by atoms with E-state index in [4.69, 9.17) is 0 Å². The summed E-state index contributed by atoms with van der Waals surface area (Å²) in [6.07, 6.45) is 0. The normalized spacial score (nSPS) is 8.75. The quantitative estimate of drug-likeness (QED) is 0.687. The van der Waals surface area contributed by atoms with Gasteiger partial charge in [-0.2, -0.15) is 0 Å². The first-order valence-electron chi connectivity index (χ1n) is 4.35. The number of benzene rings is 2. The number of hydrogen-bond acceptors (Lipinski definition) is 2. The van der Waals surface area contributed by atoms with Crippen molar-refractivity contribution >= 4 is 37.7 Å². The molecule has 0 bridgehead atoms. The zero-order chi connectivity index (χ0) is 9.97. The van der Waals surface area contributed by atoms with Crippen molar-refractivity contribution in [3.05, 3.63) is 48.5 Å². The van der Waals surface area contributed by atoms with Crippen LogP contribution in [0.15, 0.2) is 48.5 Å². The van der Waals surface area contributed by atoms with E-state index in [1.807, 2.05) is 12.1 Å². The van der Waals surface area contributed by atoms with Gasteiger partial charge in [-0.3, -0.25) is 0 Å². The second-order valence-electron chi connectivity index (χ2n) is 3.03. The van der Waals surface area contributed by atoms with Gasteiger partial charge in [0.2, 0.25) is 0 Å². The van der Waals surface area contributed by atoms with Gasteiger partial charge in [0.15, 0.2) is 0 Å². The van der Waals surface area contributed by atoms with Crippen LogP contribution in [0, 0.1) is 0 Å². The van der Waals surface area contributed by atoms with Gasteiger partial charge in [0.25, 0.3) is 0 Å². The van der Waals surface area contributed by atoms with Gasteiger partial charge < -0.3 is 10.2 Å². The Morgan fingerprint density at radius 3 is 1.19 bits per heavy atom. The fraction of sp³-hybridized carbons (Fsp3) is 0. The number of aromatic hydroxyl groups is 2. The van der Waals surface area contributed by atoms with Gasteiger partial charge in [-0.05, 0) is 12.1 Å². The zero-order valence-corrected chi connectivity index (χ0v) is 7.51. The van der Waals surface area contributed by atoms with Gasteiger partial charge in [0.1, 0.15) is 11.5 Å². The van der Waals surface area contributed by atoms with Crippen LogP contribution in [0.3, 0.4) is 0 Å². The number of rotatable bonds is 1. The average molecular weight is 202 g/mol. The Labute approximate surface area is 119 Å². The number of hydrogen-bond donors (Lipinski definition) is 2. The summed E-state index contributed by atoms with van der Waals surface area (Å²) in [5, 5.41) is 19.2. The first kappa shape index (κ1) is 15.2. The molecule has 0 aliphatic rings. The van der Waals surface area contributed by atoms with E-state index in [2.05, 4.69) is 0 Å². The summed E-state index contributed by atoms with van der Waals surface area (Å²) in [6.45, 7) is 0. The van der Waals surface area contributed by atoms with Crippen molar-refractivity contribution in [2.45, 2.75) is 0 Å². The van der Waals surface area contributed by atoms with Crippen molar-refractivity contribution in [1.82, 2.24) is 0 Å². The minimum absolute atomic E-state index is 0. The Balaban J connectivity index is 0.00000112. The summed E-state index contributed by atoms with van der Waals surface area (Å²) >= 11 is 0. The first-order chi connectivity index (χ1) is 6.79. The van der Waals surface area contributed by atoms with Crippen molar-refractivity contribution in [2.75, 3.05) is 0 Å². The standard InChI is InChI=1S/C12H10O2.2Li.2H/c13-11-7-3-1-5-9(11)10-6-2-4-8-12(10)14;;;;/h1-8,13-14H;;;;. The molecular formula is C12H12Li2O2. The summed E-state index contributed by atoms with van der Waals surface area (Å²) < 4.78 is 0. The molecule has 2 nitrogen and oxygen atoms in total. The van der Waals surface area contributed by atoms with Gasteiger partial charge in [0, 0.05) is 11.1 Å². The van der Waals surface area contributed by atoms with Crippen LogP contribution in [0.1, 0.15) is 0 Å². The second kappa shape index (κ2) is 6.74. The van der Waals surface area contributed by atoms with Crippen LogP contribution < -0.4 is 0 Å². The summed E-state index contributed by atoms with van der Waals surface area (Å²) in [6, 6.07) is 13.9. The zero-order valence-electron chi connectivity index (χ0n) is 7.51. The molecule has 16 heavy (non-hydrogen) atoms. The van der Waals surface area contributed by atoms with Crippen LogP contribution in [-0.2, 0) is 0 Å². The van der Waals surface area contributed by atoms with Crippen LogP contribution in [0.2, 0.25) is 0 Å². The molecule has 0 fully saturated rings. The Morgan fingerprint density at radius 1 is 0.562 bits per heavy atom. The molecule has 0 atom stereocenters. The molecule has 0 saturated heterocycles. The molecule has 0 heterocycles. The van der Waals surface area contributed by atoms with Crippen LogP contribution in [0.5, 0.6) is 11.5 Å². The molecule has 0 spiro atoms. The van der Waals surface area contributed by atoms with Gasteiger partial charge in [-0.25, -0.2) is 0 Å². The molecule has 2 aromatic carbocycles. The third-order valence-corrected chi connectivity index (χ3v) is 2.10. The predicted octanol–water partition coefficient (Wildman–Crippen LogP) is 1.47. The molecule has 0 radical (unpaired) electrons. The molecule has 4 heteroatoms. The summed E-state index contributed by atoms with van der Waals surface area (Å²) in [5.41, 5.74) is 1.29. The third-order valence-electron chi connectivity index (χ3n) is 2.10. The fourth-order valence-electron chi connectivity index (χ4n) is 1.40. The van der Waals surface area contributed by atoms with E-state index in [1.165, 1.54) is 0 Å². The predicted molar refractivity (Wildman–Crippen MR) is 69.5 cm³/mol. The average Bonchev–Trinajstić information content (AvgIpc) is 2.20. The summed E-state index contributed by atoms with van der Waals surface area (Å²) in [4.78, 5) is 0. The fourth-order valence-corrected chi connectivity index (χ4v) is 1.40. The van der Waals surface area contributed by atoms with Crippen molar-refractivity contribution < 1.29 is 10.2 Å². The Kier molecular flexibility index (Phi) is 6.42. The molecule has 0 amide bonds. The molecule has 2 rings (SSSR count). The number of phenolic OH excluding ortho intramolecular Hbond substituents is 2. The van der Waals surface area contributed by atoms with E-state index in [1.54, 1.807) is 36.4 Å². The van der Waals surface area contributed by atoms with Gasteiger partial charge in [-0.15, -0.1) is 0 Å². The van der Waals surface area contributed by atoms with E-state index in [0.717, 1.165) is 0 Å². The Morgan fingerprint density at radius 2 is 0.875 bits per heavy atom. The van der Waals surface area contributed by atoms with Gasteiger partial charge >= 0.3 is 37.7 Å². The van der Waals surface area contributed by atoms with Crippen molar-refractivity contribution in [3.63, 3.8) is 0 Å². The third kappa shape index (κ3) is 3.11. The molecule has 0 unspecified atom stereocenters. The van der Waals surface area contributed by atoms with Crippen LogP contribution in [0.4, 0.5) is 0 Å². The maximum atomic E-state index is 9.58. The molecule has 0 aliphatic carbocycles. The van der Waals surface area contributed by atoms with Crippen LogP contribution in [-0.4, -0.2) is 47.9 Å². The summed E-state index contributed by atoms with van der Waals surface area (Å²) in [5.74, 6) is 0.350. The van der Waals surface area contributed by atoms with E-state index in [0.29, 0.717) is 11.1 Å². The van der Waals surface area contributed by atoms with Gasteiger partial charge in [0.05, 0.1) is 0 Å².